The van der Waals surface area contributed by atoms with Crippen LogP contribution in [-0.4, -0.2) is 6.61 Å². The molecule has 0 aliphatic carbocycles. The maximum Gasteiger partial charge on any atom is 0.200 e. The van der Waals surface area contributed by atoms with Crippen molar-refractivity contribution in [1.82, 2.24) is 0 Å². The molecule has 0 fully saturated rings. The van der Waals surface area contributed by atoms with Crippen LogP contribution in [0.5, 0.6) is 0 Å². The van der Waals surface area contributed by atoms with Crippen molar-refractivity contribution in [2.75, 3.05) is 6.61 Å². The highest BCUT2D eigenvalue weighted by Gasteiger charge is 2.25. The first kappa shape index (κ1) is 13.6. The van der Waals surface area contributed by atoms with Crippen LogP contribution in [0, 0.1) is 29.1 Å². The molecule has 0 bridgehead atoms. The molecule has 6 heteroatoms. The molecule has 1 rings (SSSR count). The van der Waals surface area contributed by atoms with Crippen LogP contribution in [0.1, 0.15) is 12.5 Å². The van der Waals surface area contributed by atoms with Gasteiger partial charge in [0.05, 0.1) is 18.8 Å². The van der Waals surface area contributed by atoms with Gasteiger partial charge in [-0.2, -0.15) is 0 Å². The minimum Gasteiger partial charge on any atom is -0.372 e. The fourth-order valence-electron chi connectivity index (χ4n) is 1.10. The molecule has 1 nitrogen and oxygen atoms in total. The summed E-state index contributed by atoms with van der Waals surface area (Å²) in [6.45, 7) is 4.32. The molecular formula is C11H9F5O. The summed E-state index contributed by atoms with van der Waals surface area (Å²) < 4.78 is 69.1. The lowest BCUT2D eigenvalue weighted by atomic mass is 10.2. The third-order valence-electron chi connectivity index (χ3n) is 1.90. The largest absolute Gasteiger partial charge is 0.372 e. The van der Waals surface area contributed by atoms with Crippen molar-refractivity contribution in [1.29, 1.82) is 0 Å². The molecular weight excluding hydrogens is 243 g/mol. The average molecular weight is 252 g/mol. The lowest BCUT2D eigenvalue weighted by Gasteiger charge is -2.08. The quantitative estimate of drug-likeness (QED) is 0.345. The van der Waals surface area contributed by atoms with Gasteiger partial charge in [-0.05, 0) is 6.92 Å². The monoisotopic (exact) mass is 252 g/mol. The van der Waals surface area contributed by atoms with Gasteiger partial charge in [0.1, 0.15) is 0 Å². The number of benzene rings is 1. The van der Waals surface area contributed by atoms with Crippen molar-refractivity contribution in [2.45, 2.75) is 13.5 Å². The minimum atomic E-state index is -2.18. The van der Waals surface area contributed by atoms with Gasteiger partial charge in [0.2, 0.25) is 5.82 Å². The minimum absolute atomic E-state index is 0.0283. The summed E-state index contributed by atoms with van der Waals surface area (Å²) in [4.78, 5) is 0. The number of rotatable bonds is 4. The highest BCUT2D eigenvalue weighted by atomic mass is 19.2. The Kier molecular flexibility index (Phi) is 4.22. The lowest BCUT2D eigenvalue weighted by Crippen LogP contribution is -2.09. The van der Waals surface area contributed by atoms with E-state index < -0.39 is 41.3 Å². The van der Waals surface area contributed by atoms with Crippen LogP contribution in [0.15, 0.2) is 12.2 Å². The highest BCUT2D eigenvalue weighted by Crippen LogP contribution is 2.23. The third-order valence-corrected chi connectivity index (χ3v) is 1.90. The van der Waals surface area contributed by atoms with Crippen LogP contribution in [-0.2, 0) is 11.3 Å². The normalized spacial score (nSPS) is 10.7. The summed E-state index contributed by atoms with van der Waals surface area (Å²) in [6.07, 6.45) is 0. The van der Waals surface area contributed by atoms with E-state index in [1.807, 2.05) is 0 Å². The number of hydrogen-bond donors (Lipinski definition) is 0. The summed E-state index contributed by atoms with van der Waals surface area (Å²) in [6, 6.07) is 0. The zero-order chi connectivity index (χ0) is 13.2. The molecule has 0 atom stereocenters. The molecule has 0 unspecified atom stereocenters. The van der Waals surface area contributed by atoms with E-state index in [1.54, 1.807) is 6.92 Å². The maximum atomic E-state index is 13.1. The summed E-state index contributed by atoms with van der Waals surface area (Å²) >= 11 is 0. The fraction of sp³-hybridized carbons (Fsp3) is 0.273. The molecule has 0 aliphatic heterocycles. The van der Waals surface area contributed by atoms with Crippen molar-refractivity contribution in [3.63, 3.8) is 0 Å². The molecule has 17 heavy (non-hydrogen) atoms. The van der Waals surface area contributed by atoms with E-state index in [9.17, 15) is 22.0 Å². The first-order valence-electron chi connectivity index (χ1n) is 4.58. The van der Waals surface area contributed by atoms with Crippen LogP contribution in [0.25, 0.3) is 0 Å². The second-order valence-corrected chi connectivity index (χ2v) is 3.50. The van der Waals surface area contributed by atoms with Gasteiger partial charge in [-0.1, -0.05) is 12.2 Å². The molecule has 1 aromatic carbocycles. The Hall–Kier alpha value is -1.43. The van der Waals surface area contributed by atoms with Gasteiger partial charge >= 0.3 is 0 Å². The Morgan fingerprint density at radius 3 is 1.76 bits per heavy atom. The Bertz CT molecular complexity index is 427. The van der Waals surface area contributed by atoms with Crippen LogP contribution >= 0.6 is 0 Å². The van der Waals surface area contributed by atoms with Crippen molar-refractivity contribution in [3.05, 3.63) is 46.8 Å². The molecule has 0 aliphatic rings. The van der Waals surface area contributed by atoms with Crippen molar-refractivity contribution in [3.8, 4) is 0 Å². The Morgan fingerprint density at radius 1 is 0.941 bits per heavy atom. The van der Waals surface area contributed by atoms with E-state index in [4.69, 9.17) is 4.74 Å². The maximum absolute atomic E-state index is 13.1. The van der Waals surface area contributed by atoms with E-state index in [0.29, 0.717) is 5.57 Å². The Balaban J connectivity index is 3.03. The second kappa shape index (κ2) is 5.27. The van der Waals surface area contributed by atoms with Crippen LogP contribution in [0.2, 0.25) is 0 Å². The van der Waals surface area contributed by atoms with Gasteiger partial charge in [0.15, 0.2) is 23.3 Å². The standard InChI is InChI=1S/C11H9F5O/c1-5(2)3-17-4-6-7(12)9(14)11(16)10(15)8(6)13/h1,3-4H2,2H3. The SMILES string of the molecule is C=C(C)COCc1c(F)c(F)c(F)c(F)c1F. The van der Waals surface area contributed by atoms with E-state index >= 15 is 0 Å². The lowest BCUT2D eigenvalue weighted by molar-refractivity contribution is 0.135. The number of ether oxygens (including phenoxy) is 1. The van der Waals surface area contributed by atoms with Crippen LogP contribution in [0.3, 0.4) is 0 Å². The molecule has 0 saturated heterocycles. The zero-order valence-corrected chi connectivity index (χ0v) is 8.92. The fourth-order valence-corrected chi connectivity index (χ4v) is 1.10. The van der Waals surface area contributed by atoms with Crippen molar-refractivity contribution in [2.24, 2.45) is 0 Å². The van der Waals surface area contributed by atoms with Crippen LogP contribution in [0.4, 0.5) is 22.0 Å². The van der Waals surface area contributed by atoms with Crippen LogP contribution < -0.4 is 0 Å². The zero-order valence-electron chi connectivity index (χ0n) is 8.92. The van der Waals surface area contributed by atoms with Gasteiger partial charge in [-0.15, -0.1) is 0 Å². The molecule has 0 heterocycles. The smallest absolute Gasteiger partial charge is 0.200 e. The summed E-state index contributed by atoms with van der Waals surface area (Å²) in [5, 5.41) is 0. The van der Waals surface area contributed by atoms with Crippen molar-refractivity contribution >= 4 is 0 Å². The molecule has 0 saturated carbocycles. The number of halogens is 5. The van der Waals surface area contributed by atoms with E-state index in [0.717, 1.165) is 0 Å². The second-order valence-electron chi connectivity index (χ2n) is 3.50. The molecule has 0 radical (unpaired) electrons. The van der Waals surface area contributed by atoms with E-state index in [1.165, 1.54) is 0 Å². The molecule has 0 aromatic heterocycles. The summed E-state index contributed by atoms with van der Waals surface area (Å²) in [5.74, 6) is -9.87. The van der Waals surface area contributed by atoms with Gasteiger partial charge in [0, 0.05) is 0 Å². The molecule has 0 amide bonds. The summed E-state index contributed by atoms with van der Waals surface area (Å²) in [5.41, 5.74) is -0.420. The molecule has 1 aromatic rings. The summed E-state index contributed by atoms with van der Waals surface area (Å²) in [7, 11) is 0. The molecule has 0 N–H and O–H groups in total. The Labute approximate surface area is 94.5 Å². The van der Waals surface area contributed by atoms with E-state index in [2.05, 4.69) is 6.58 Å². The van der Waals surface area contributed by atoms with Gasteiger partial charge in [-0.3, -0.25) is 0 Å². The molecule has 0 spiro atoms. The van der Waals surface area contributed by atoms with Crippen molar-refractivity contribution < 1.29 is 26.7 Å². The topological polar surface area (TPSA) is 9.23 Å². The predicted molar refractivity (Wildman–Crippen MR) is 50.7 cm³/mol. The average Bonchev–Trinajstić information content (AvgIpc) is 2.28. The number of hydrogen-bond acceptors (Lipinski definition) is 1. The van der Waals surface area contributed by atoms with Gasteiger partial charge in [-0.25, -0.2) is 22.0 Å². The third kappa shape index (κ3) is 2.82. The molecule has 94 valence electrons. The van der Waals surface area contributed by atoms with Gasteiger partial charge in [0.25, 0.3) is 0 Å². The Morgan fingerprint density at radius 2 is 1.35 bits per heavy atom. The first-order chi connectivity index (χ1) is 7.86. The van der Waals surface area contributed by atoms with Gasteiger partial charge < -0.3 is 4.74 Å². The predicted octanol–water partition coefficient (Wildman–Crippen LogP) is 3.47. The highest BCUT2D eigenvalue weighted by molar-refractivity contribution is 5.23. The first-order valence-corrected chi connectivity index (χ1v) is 4.58. The van der Waals surface area contributed by atoms with E-state index in [-0.39, 0.29) is 6.61 Å².